The first-order chi connectivity index (χ1) is 9.61. The minimum Gasteiger partial charge on any atom is -0.478 e. The Hall–Kier alpha value is -2.69. The van der Waals surface area contributed by atoms with Gasteiger partial charge in [0.1, 0.15) is 5.82 Å². The van der Waals surface area contributed by atoms with Gasteiger partial charge in [-0.05, 0) is 29.8 Å². The number of nitrogens with zero attached hydrogens (tertiary/aromatic N) is 2. The molecule has 0 saturated carbocycles. The second kappa shape index (κ2) is 4.77. The molecule has 0 amide bonds. The molecular weight excluding hydrogens is 259 g/mol. The second-order valence-electron chi connectivity index (χ2n) is 4.54. The summed E-state index contributed by atoms with van der Waals surface area (Å²) >= 11 is 0. The summed E-state index contributed by atoms with van der Waals surface area (Å²) in [5.41, 5.74) is 1.62. The fraction of sp³-hybridized carbons (Fsp3) is 0.0667. The van der Waals surface area contributed by atoms with Gasteiger partial charge in [-0.1, -0.05) is 18.2 Å². The minimum absolute atomic E-state index is 0.202. The Bertz CT molecular complexity index is 795. The van der Waals surface area contributed by atoms with Crippen molar-refractivity contribution < 1.29 is 14.3 Å². The van der Waals surface area contributed by atoms with E-state index < -0.39 is 5.97 Å². The van der Waals surface area contributed by atoms with Crippen LogP contribution in [0.3, 0.4) is 0 Å². The number of halogens is 1. The first-order valence-corrected chi connectivity index (χ1v) is 6.07. The smallest absolute Gasteiger partial charge is 0.335 e. The van der Waals surface area contributed by atoms with Gasteiger partial charge in [0.25, 0.3) is 0 Å². The molecule has 0 spiro atoms. The Kier molecular flexibility index (Phi) is 2.95. The second-order valence-corrected chi connectivity index (χ2v) is 4.54. The third-order valence-corrected chi connectivity index (χ3v) is 3.04. The maximum Gasteiger partial charge on any atom is 0.335 e. The molecule has 0 aliphatic heterocycles. The van der Waals surface area contributed by atoms with Gasteiger partial charge in [0.2, 0.25) is 0 Å². The highest BCUT2D eigenvalue weighted by molar-refractivity contribution is 5.92. The Balaban J connectivity index is 1.95. The first kappa shape index (κ1) is 12.3. The summed E-state index contributed by atoms with van der Waals surface area (Å²) in [5, 5.41) is 14.1. The van der Waals surface area contributed by atoms with Crippen LogP contribution < -0.4 is 0 Å². The van der Waals surface area contributed by atoms with Gasteiger partial charge in [0.05, 0.1) is 17.6 Å². The molecule has 1 N–H and O–H groups in total. The number of carboxylic acid groups (broad SMARTS) is 1. The van der Waals surface area contributed by atoms with Crippen LogP contribution in [0.15, 0.2) is 48.7 Å². The molecule has 0 fully saturated rings. The van der Waals surface area contributed by atoms with Gasteiger partial charge >= 0.3 is 5.97 Å². The molecule has 1 aromatic heterocycles. The molecule has 0 aliphatic carbocycles. The average Bonchev–Trinajstić information content (AvgIpc) is 2.79. The summed E-state index contributed by atoms with van der Waals surface area (Å²) in [7, 11) is 0. The Labute approximate surface area is 114 Å². The average molecular weight is 270 g/mol. The summed E-state index contributed by atoms with van der Waals surface area (Å²) in [6.45, 7) is 0.439. The fourth-order valence-corrected chi connectivity index (χ4v) is 2.10. The van der Waals surface area contributed by atoms with Gasteiger partial charge in [-0.3, -0.25) is 4.68 Å². The number of benzene rings is 2. The molecule has 0 radical (unpaired) electrons. The van der Waals surface area contributed by atoms with Gasteiger partial charge < -0.3 is 5.11 Å². The fourth-order valence-electron chi connectivity index (χ4n) is 2.10. The minimum atomic E-state index is -0.980. The highest BCUT2D eigenvalue weighted by atomic mass is 19.1. The predicted octanol–water partition coefficient (Wildman–Crippen LogP) is 2.92. The van der Waals surface area contributed by atoms with Gasteiger partial charge in [-0.25, -0.2) is 9.18 Å². The highest BCUT2D eigenvalue weighted by Gasteiger charge is 2.07. The van der Waals surface area contributed by atoms with E-state index in [9.17, 15) is 9.18 Å². The van der Waals surface area contributed by atoms with E-state index in [0.717, 1.165) is 10.9 Å². The monoisotopic (exact) mass is 270 g/mol. The maximum absolute atomic E-state index is 13.1. The van der Waals surface area contributed by atoms with E-state index in [1.807, 2.05) is 12.3 Å². The number of aromatic carboxylic acids is 1. The van der Waals surface area contributed by atoms with Crippen LogP contribution in [-0.2, 0) is 6.54 Å². The van der Waals surface area contributed by atoms with Crippen LogP contribution in [0.1, 0.15) is 15.9 Å². The van der Waals surface area contributed by atoms with Crippen LogP contribution in [0.2, 0.25) is 0 Å². The number of rotatable bonds is 3. The molecule has 0 bridgehead atoms. The van der Waals surface area contributed by atoms with Gasteiger partial charge in [-0.15, -0.1) is 0 Å². The Morgan fingerprint density at radius 1 is 1.25 bits per heavy atom. The zero-order valence-electron chi connectivity index (χ0n) is 10.5. The molecule has 20 heavy (non-hydrogen) atoms. The number of aromatic nitrogens is 2. The summed E-state index contributed by atoms with van der Waals surface area (Å²) in [6.07, 6.45) is 1.81. The lowest BCUT2D eigenvalue weighted by Crippen LogP contribution is -2.00. The Morgan fingerprint density at radius 3 is 2.85 bits per heavy atom. The molecule has 3 aromatic rings. The molecule has 2 aromatic carbocycles. The molecule has 0 saturated heterocycles. The van der Waals surface area contributed by atoms with Crippen LogP contribution in [0, 0.1) is 5.82 Å². The molecular formula is C15H11FN2O2. The van der Waals surface area contributed by atoms with Crippen LogP contribution in [0.4, 0.5) is 4.39 Å². The summed E-state index contributed by atoms with van der Waals surface area (Å²) in [6, 6.07) is 11.1. The van der Waals surface area contributed by atoms with E-state index in [4.69, 9.17) is 5.11 Å². The van der Waals surface area contributed by atoms with Crippen molar-refractivity contribution in [1.29, 1.82) is 0 Å². The number of carbonyl (C=O) groups is 1. The van der Waals surface area contributed by atoms with Crippen LogP contribution in [-0.4, -0.2) is 20.9 Å². The van der Waals surface area contributed by atoms with Crippen molar-refractivity contribution in [3.8, 4) is 0 Å². The summed E-state index contributed by atoms with van der Waals surface area (Å²) < 4.78 is 14.8. The lowest BCUT2D eigenvalue weighted by Gasteiger charge is -2.01. The van der Waals surface area contributed by atoms with E-state index in [-0.39, 0.29) is 11.4 Å². The van der Waals surface area contributed by atoms with Gasteiger partial charge in [-0.2, -0.15) is 5.10 Å². The van der Waals surface area contributed by atoms with Gasteiger partial charge in [0, 0.05) is 11.6 Å². The topological polar surface area (TPSA) is 55.1 Å². The van der Waals surface area contributed by atoms with Crippen molar-refractivity contribution in [3.05, 3.63) is 65.6 Å². The van der Waals surface area contributed by atoms with Crippen molar-refractivity contribution in [2.45, 2.75) is 6.54 Å². The predicted molar refractivity (Wildman–Crippen MR) is 72.2 cm³/mol. The Morgan fingerprint density at radius 2 is 2.10 bits per heavy atom. The lowest BCUT2D eigenvalue weighted by molar-refractivity contribution is 0.0697. The van der Waals surface area contributed by atoms with E-state index >= 15 is 0 Å². The van der Waals surface area contributed by atoms with Crippen molar-refractivity contribution in [2.24, 2.45) is 0 Å². The van der Waals surface area contributed by atoms with E-state index in [2.05, 4.69) is 5.10 Å². The summed E-state index contributed by atoms with van der Waals surface area (Å²) in [5.74, 6) is -1.26. The van der Waals surface area contributed by atoms with Crippen molar-refractivity contribution in [2.75, 3.05) is 0 Å². The van der Waals surface area contributed by atoms with Crippen molar-refractivity contribution in [1.82, 2.24) is 9.78 Å². The van der Waals surface area contributed by atoms with Crippen molar-refractivity contribution >= 4 is 16.9 Å². The third kappa shape index (κ3) is 2.38. The lowest BCUT2D eigenvalue weighted by atomic mass is 10.2. The van der Waals surface area contributed by atoms with Crippen LogP contribution >= 0.6 is 0 Å². The van der Waals surface area contributed by atoms with Crippen LogP contribution in [0.5, 0.6) is 0 Å². The number of hydrogen-bond donors (Lipinski definition) is 1. The third-order valence-electron chi connectivity index (χ3n) is 3.04. The summed E-state index contributed by atoms with van der Waals surface area (Å²) in [4.78, 5) is 10.9. The van der Waals surface area contributed by atoms with Crippen molar-refractivity contribution in [3.63, 3.8) is 0 Å². The molecule has 3 rings (SSSR count). The molecule has 0 aliphatic rings. The molecule has 0 atom stereocenters. The quantitative estimate of drug-likeness (QED) is 0.796. The molecule has 4 nitrogen and oxygen atoms in total. The van der Waals surface area contributed by atoms with E-state index in [0.29, 0.717) is 12.1 Å². The number of fused-ring (bicyclic) bond motifs is 1. The first-order valence-electron chi connectivity index (χ1n) is 6.07. The largest absolute Gasteiger partial charge is 0.478 e. The maximum atomic E-state index is 13.1. The number of carboxylic acids is 1. The highest BCUT2D eigenvalue weighted by Crippen LogP contribution is 2.15. The molecule has 100 valence electrons. The molecule has 0 unspecified atom stereocenters. The van der Waals surface area contributed by atoms with Crippen LogP contribution in [0.25, 0.3) is 10.9 Å². The standard InChI is InChI=1S/C15H11FN2O2/c16-13-3-1-2-10(6-13)8-18-9-12-5-4-11(15(19)20)7-14(12)17-18/h1-7,9H,8H2,(H,19,20). The number of hydrogen-bond acceptors (Lipinski definition) is 2. The zero-order valence-corrected chi connectivity index (χ0v) is 10.5. The molecule has 1 heterocycles. The SMILES string of the molecule is O=C(O)c1ccc2cn(Cc3cccc(F)c3)nc2c1. The zero-order chi connectivity index (χ0) is 14.1. The normalized spacial score (nSPS) is 10.8. The molecule has 5 heteroatoms. The van der Waals surface area contributed by atoms with E-state index in [1.165, 1.54) is 18.2 Å². The van der Waals surface area contributed by atoms with E-state index in [1.54, 1.807) is 22.9 Å². The van der Waals surface area contributed by atoms with Gasteiger partial charge in [0.15, 0.2) is 0 Å².